The topological polar surface area (TPSA) is 46.2 Å². The molecule has 0 spiro atoms. The standard InChI is InChI=1S/C12H11F2NO2/c1-12(5-9(16)15-10(17)6-12)11-7(13)3-2-4-8(11)14/h2-4H,5-6H2,1H3,(H,15,16,17). The third-order valence-corrected chi connectivity index (χ3v) is 2.95. The number of hydrogen-bond donors (Lipinski definition) is 1. The highest BCUT2D eigenvalue weighted by molar-refractivity contribution is 5.99. The van der Waals surface area contributed by atoms with Gasteiger partial charge in [0.05, 0.1) is 0 Å². The summed E-state index contributed by atoms with van der Waals surface area (Å²) >= 11 is 0. The van der Waals surface area contributed by atoms with E-state index >= 15 is 0 Å². The van der Waals surface area contributed by atoms with Gasteiger partial charge in [-0.05, 0) is 12.1 Å². The number of rotatable bonds is 1. The van der Waals surface area contributed by atoms with Gasteiger partial charge in [0.2, 0.25) is 11.8 Å². The van der Waals surface area contributed by atoms with Gasteiger partial charge in [-0.25, -0.2) is 8.78 Å². The second-order valence-electron chi connectivity index (χ2n) is 4.48. The van der Waals surface area contributed by atoms with Gasteiger partial charge in [-0.2, -0.15) is 0 Å². The Morgan fingerprint density at radius 3 is 2.06 bits per heavy atom. The molecule has 1 aliphatic heterocycles. The maximum Gasteiger partial charge on any atom is 0.227 e. The quantitative estimate of drug-likeness (QED) is 0.757. The van der Waals surface area contributed by atoms with Crippen LogP contribution in [0.3, 0.4) is 0 Å². The molecule has 1 fully saturated rings. The molecule has 0 bridgehead atoms. The molecular formula is C12H11F2NO2. The van der Waals surface area contributed by atoms with Gasteiger partial charge in [-0.3, -0.25) is 14.9 Å². The van der Waals surface area contributed by atoms with Crippen LogP contribution in [-0.2, 0) is 15.0 Å². The Kier molecular flexibility index (Phi) is 2.69. The highest BCUT2D eigenvalue weighted by Gasteiger charge is 2.40. The van der Waals surface area contributed by atoms with E-state index in [1.807, 2.05) is 0 Å². The van der Waals surface area contributed by atoms with Crippen LogP contribution in [0.15, 0.2) is 18.2 Å². The summed E-state index contributed by atoms with van der Waals surface area (Å²) in [6.45, 7) is 1.52. The zero-order valence-corrected chi connectivity index (χ0v) is 9.22. The van der Waals surface area contributed by atoms with Gasteiger partial charge >= 0.3 is 0 Å². The Morgan fingerprint density at radius 1 is 1.12 bits per heavy atom. The molecule has 0 atom stereocenters. The highest BCUT2D eigenvalue weighted by Crippen LogP contribution is 2.36. The van der Waals surface area contributed by atoms with Crippen molar-refractivity contribution < 1.29 is 18.4 Å². The molecule has 1 saturated heterocycles. The van der Waals surface area contributed by atoms with E-state index in [-0.39, 0.29) is 18.4 Å². The van der Waals surface area contributed by atoms with Gasteiger partial charge in [-0.15, -0.1) is 0 Å². The molecule has 1 N–H and O–H groups in total. The molecule has 17 heavy (non-hydrogen) atoms. The van der Waals surface area contributed by atoms with E-state index in [0.717, 1.165) is 12.1 Å². The summed E-state index contributed by atoms with van der Waals surface area (Å²) in [6, 6.07) is 3.50. The molecule has 1 aromatic carbocycles. The summed E-state index contributed by atoms with van der Waals surface area (Å²) in [7, 11) is 0. The lowest BCUT2D eigenvalue weighted by Gasteiger charge is -2.32. The van der Waals surface area contributed by atoms with Crippen molar-refractivity contribution in [3.05, 3.63) is 35.4 Å². The number of piperidine rings is 1. The fourth-order valence-electron chi connectivity index (χ4n) is 2.27. The van der Waals surface area contributed by atoms with Crippen LogP contribution in [0, 0.1) is 11.6 Å². The molecular weight excluding hydrogens is 228 g/mol. The van der Waals surface area contributed by atoms with Gasteiger partial charge in [0, 0.05) is 23.8 Å². The molecule has 0 aromatic heterocycles. The SMILES string of the molecule is CC1(c2c(F)cccc2F)CC(=O)NC(=O)C1. The molecule has 2 rings (SSSR count). The molecule has 2 amide bonds. The number of amides is 2. The minimum Gasteiger partial charge on any atom is -0.296 e. The summed E-state index contributed by atoms with van der Waals surface area (Å²) in [5.74, 6) is -2.47. The van der Waals surface area contributed by atoms with E-state index < -0.39 is 28.9 Å². The number of hydrogen-bond acceptors (Lipinski definition) is 2. The van der Waals surface area contributed by atoms with Gasteiger partial charge in [-0.1, -0.05) is 13.0 Å². The molecule has 0 saturated carbocycles. The summed E-state index contributed by atoms with van der Waals surface area (Å²) < 4.78 is 27.3. The van der Waals surface area contributed by atoms with E-state index in [9.17, 15) is 18.4 Å². The van der Waals surface area contributed by atoms with Crippen LogP contribution in [0.25, 0.3) is 0 Å². The third kappa shape index (κ3) is 2.05. The Bertz CT molecular complexity index is 463. The van der Waals surface area contributed by atoms with Crippen molar-refractivity contribution in [3.63, 3.8) is 0 Å². The maximum absolute atomic E-state index is 13.7. The summed E-state index contributed by atoms with van der Waals surface area (Å²) in [5.41, 5.74) is -1.31. The van der Waals surface area contributed by atoms with Crippen molar-refractivity contribution >= 4 is 11.8 Å². The zero-order valence-electron chi connectivity index (χ0n) is 9.22. The molecule has 1 heterocycles. The van der Waals surface area contributed by atoms with Gasteiger partial charge in [0.15, 0.2) is 0 Å². The number of carbonyl (C=O) groups excluding carboxylic acids is 2. The second-order valence-corrected chi connectivity index (χ2v) is 4.48. The van der Waals surface area contributed by atoms with Crippen LogP contribution in [0.2, 0.25) is 0 Å². The van der Waals surface area contributed by atoms with Crippen molar-refractivity contribution in [2.45, 2.75) is 25.2 Å². The maximum atomic E-state index is 13.7. The van der Waals surface area contributed by atoms with Crippen molar-refractivity contribution in [1.82, 2.24) is 5.32 Å². The van der Waals surface area contributed by atoms with Crippen LogP contribution in [0.4, 0.5) is 8.78 Å². The third-order valence-electron chi connectivity index (χ3n) is 2.95. The molecule has 3 nitrogen and oxygen atoms in total. The number of carbonyl (C=O) groups is 2. The molecule has 0 aliphatic carbocycles. The Balaban J connectivity index is 2.50. The first-order chi connectivity index (χ1) is 7.92. The van der Waals surface area contributed by atoms with E-state index in [1.54, 1.807) is 0 Å². The lowest BCUT2D eigenvalue weighted by Crippen LogP contribution is -2.46. The minimum absolute atomic E-state index is 0.101. The first-order valence-corrected chi connectivity index (χ1v) is 5.19. The molecule has 0 radical (unpaired) electrons. The van der Waals surface area contributed by atoms with E-state index in [2.05, 4.69) is 5.32 Å². The predicted octanol–water partition coefficient (Wildman–Crippen LogP) is 1.66. The van der Waals surface area contributed by atoms with Gasteiger partial charge < -0.3 is 0 Å². The monoisotopic (exact) mass is 239 g/mol. The molecule has 1 aromatic rings. The van der Waals surface area contributed by atoms with Gasteiger partial charge in [0.25, 0.3) is 0 Å². The van der Waals surface area contributed by atoms with Crippen molar-refractivity contribution in [3.8, 4) is 0 Å². The predicted molar refractivity (Wildman–Crippen MR) is 56.1 cm³/mol. The van der Waals surface area contributed by atoms with Crippen LogP contribution in [-0.4, -0.2) is 11.8 Å². The summed E-state index contributed by atoms with van der Waals surface area (Å²) in [4.78, 5) is 22.6. The Morgan fingerprint density at radius 2 is 1.59 bits per heavy atom. The molecule has 5 heteroatoms. The molecule has 0 unspecified atom stereocenters. The van der Waals surface area contributed by atoms with Crippen molar-refractivity contribution in [2.75, 3.05) is 0 Å². The summed E-state index contributed by atoms with van der Waals surface area (Å²) in [6.07, 6.45) is -0.201. The smallest absolute Gasteiger partial charge is 0.227 e. The van der Waals surface area contributed by atoms with E-state index in [1.165, 1.54) is 13.0 Å². The largest absolute Gasteiger partial charge is 0.296 e. The lowest BCUT2D eigenvalue weighted by atomic mass is 9.74. The summed E-state index contributed by atoms with van der Waals surface area (Å²) in [5, 5.41) is 2.12. The van der Waals surface area contributed by atoms with Crippen LogP contribution >= 0.6 is 0 Å². The zero-order chi connectivity index (χ0) is 12.6. The van der Waals surface area contributed by atoms with Crippen LogP contribution in [0.5, 0.6) is 0 Å². The number of halogens is 2. The average molecular weight is 239 g/mol. The van der Waals surface area contributed by atoms with E-state index in [0.29, 0.717) is 0 Å². The Hall–Kier alpha value is -1.78. The first-order valence-electron chi connectivity index (χ1n) is 5.19. The van der Waals surface area contributed by atoms with Crippen molar-refractivity contribution in [2.24, 2.45) is 0 Å². The first kappa shape index (κ1) is 11.7. The van der Waals surface area contributed by atoms with Crippen LogP contribution in [0.1, 0.15) is 25.3 Å². The fourth-order valence-corrected chi connectivity index (χ4v) is 2.27. The molecule has 1 aliphatic rings. The number of benzene rings is 1. The van der Waals surface area contributed by atoms with Crippen molar-refractivity contribution in [1.29, 1.82) is 0 Å². The lowest BCUT2D eigenvalue weighted by molar-refractivity contribution is -0.135. The minimum atomic E-state index is -1.12. The molecule has 90 valence electrons. The Labute approximate surface area is 96.8 Å². The van der Waals surface area contributed by atoms with Crippen LogP contribution < -0.4 is 5.32 Å². The number of imide groups is 1. The number of nitrogens with one attached hydrogen (secondary N) is 1. The highest BCUT2D eigenvalue weighted by atomic mass is 19.1. The second kappa shape index (κ2) is 3.91. The van der Waals surface area contributed by atoms with E-state index in [4.69, 9.17) is 0 Å². The fraction of sp³-hybridized carbons (Fsp3) is 0.333. The van der Waals surface area contributed by atoms with Gasteiger partial charge in [0.1, 0.15) is 11.6 Å². The average Bonchev–Trinajstić information content (AvgIpc) is 2.13. The normalized spacial score (nSPS) is 19.0.